The van der Waals surface area contributed by atoms with E-state index in [9.17, 15) is 0 Å². The molecule has 8 aliphatic rings. The van der Waals surface area contributed by atoms with Crippen LogP contribution in [0.25, 0.3) is 0 Å². The van der Waals surface area contributed by atoms with Gasteiger partial charge in [0.15, 0.2) is 0 Å². The average molecular weight is 626 g/mol. The largest absolute Gasteiger partial charge is 0.374 e. The highest BCUT2D eigenvalue weighted by atomic mass is 16.5. The van der Waals surface area contributed by atoms with E-state index in [1.807, 2.05) is 0 Å². The summed E-state index contributed by atoms with van der Waals surface area (Å²) in [5.74, 6) is 4.21. The van der Waals surface area contributed by atoms with Gasteiger partial charge in [-0.05, 0) is 91.6 Å². The Kier molecular flexibility index (Phi) is 8.39. The van der Waals surface area contributed by atoms with E-state index in [1.54, 1.807) is 5.57 Å². The van der Waals surface area contributed by atoms with Crippen molar-refractivity contribution in [3.8, 4) is 0 Å². The summed E-state index contributed by atoms with van der Waals surface area (Å²) in [7, 11) is 0. The molecule has 4 nitrogen and oxygen atoms in total. The van der Waals surface area contributed by atoms with Crippen LogP contribution < -0.4 is 16.0 Å². The summed E-state index contributed by atoms with van der Waals surface area (Å²) in [6.07, 6.45) is 43.7. The molecule has 13 atom stereocenters. The summed E-state index contributed by atoms with van der Waals surface area (Å²) in [4.78, 5) is 0. The number of hydrogen-bond acceptors (Lipinski definition) is 4. The number of fused-ring (bicyclic) bond motifs is 5. The van der Waals surface area contributed by atoms with Crippen LogP contribution in [0.3, 0.4) is 0 Å². The number of rotatable bonds is 5. The molecule has 2 saturated heterocycles. The Hall–Kier alpha value is -3.02. The molecule has 0 aromatic heterocycles. The van der Waals surface area contributed by atoms with Crippen LogP contribution in [0, 0.1) is 41.4 Å². The van der Waals surface area contributed by atoms with Crippen LogP contribution >= 0.6 is 0 Å². The van der Waals surface area contributed by atoms with E-state index in [2.05, 4.69) is 131 Å². The van der Waals surface area contributed by atoms with Gasteiger partial charge in [0.05, 0.1) is 30.7 Å². The third-order valence-corrected chi connectivity index (χ3v) is 12.9. The van der Waals surface area contributed by atoms with Crippen molar-refractivity contribution >= 4 is 0 Å². The van der Waals surface area contributed by atoms with Gasteiger partial charge in [0.1, 0.15) is 0 Å². The molecule has 1 aromatic rings. The second kappa shape index (κ2) is 13.1. The van der Waals surface area contributed by atoms with Crippen LogP contribution in [0.5, 0.6) is 0 Å². The van der Waals surface area contributed by atoms with Crippen LogP contribution in [-0.4, -0.2) is 30.7 Å². The normalized spacial score (nSPS) is 43.5. The van der Waals surface area contributed by atoms with E-state index >= 15 is 0 Å². The van der Waals surface area contributed by atoms with Gasteiger partial charge in [-0.25, -0.2) is 0 Å². The zero-order chi connectivity index (χ0) is 31.2. The van der Waals surface area contributed by atoms with Crippen molar-refractivity contribution in [2.45, 2.75) is 88.0 Å². The number of hydrogen-bond donors (Lipinski definition) is 3. The maximum absolute atomic E-state index is 7.18. The highest BCUT2D eigenvalue weighted by molar-refractivity contribution is 5.36. The zero-order valence-corrected chi connectivity index (χ0v) is 27.5. The molecular weight excluding hydrogens is 574 g/mol. The lowest BCUT2D eigenvalue weighted by atomic mass is 9.56. The van der Waals surface area contributed by atoms with Crippen LogP contribution in [0.1, 0.15) is 62.8 Å². The standard InChI is InChI=1S/C43H51N3O/c1-4-14-28(15-5-1)31-20-12-21-32(26-31)42-44-41(30-18-8-3-9-19-30)45-43(46-42)36-27-38-40(35-23-11-10-22-34(35)36)39-33(24-13-25-37(39)47-38)29-16-6-2-7-17-29/h1-11,14,16-18,21-23,26,28,30,33-46H,12-13,15,19-20,24-25,27H2. The van der Waals surface area contributed by atoms with Crippen molar-refractivity contribution in [2.75, 3.05) is 0 Å². The molecule has 0 spiro atoms. The molecule has 6 aliphatic carbocycles. The monoisotopic (exact) mass is 625 g/mol. The third-order valence-electron chi connectivity index (χ3n) is 12.9. The summed E-state index contributed by atoms with van der Waals surface area (Å²) >= 11 is 0. The predicted octanol–water partition coefficient (Wildman–Crippen LogP) is 8.00. The molecule has 1 aromatic carbocycles. The zero-order valence-electron chi connectivity index (χ0n) is 27.5. The van der Waals surface area contributed by atoms with Gasteiger partial charge >= 0.3 is 0 Å². The van der Waals surface area contributed by atoms with E-state index in [1.165, 1.54) is 30.4 Å². The summed E-state index contributed by atoms with van der Waals surface area (Å²) in [6.45, 7) is 0. The van der Waals surface area contributed by atoms with Crippen LogP contribution in [0.2, 0.25) is 0 Å². The SMILES string of the molecule is C1=CCC(C2=CC(C3NC(C4C=CC=CC4)NC(C4CC5OC6CCCC(c7ccccc7)C6C5C5C=CC=CC54)N3)=CCC2)C=C1. The highest BCUT2D eigenvalue weighted by Gasteiger charge is 2.58. The Labute approximate surface area is 281 Å². The summed E-state index contributed by atoms with van der Waals surface area (Å²) < 4.78 is 7.18. The van der Waals surface area contributed by atoms with Gasteiger partial charge in [0, 0.05) is 11.8 Å². The Morgan fingerprint density at radius 3 is 2.34 bits per heavy atom. The lowest BCUT2D eigenvalue weighted by Crippen LogP contribution is -2.72. The highest BCUT2D eigenvalue weighted by Crippen LogP contribution is 2.58. The number of ether oxygens (including phenoxy) is 1. The predicted molar refractivity (Wildman–Crippen MR) is 191 cm³/mol. The number of benzene rings is 1. The molecule has 3 N–H and O–H groups in total. The molecule has 244 valence electrons. The van der Waals surface area contributed by atoms with Gasteiger partial charge in [0.25, 0.3) is 0 Å². The maximum Gasteiger partial charge on any atom is 0.0856 e. The van der Waals surface area contributed by atoms with Crippen LogP contribution in [0.15, 0.2) is 127 Å². The van der Waals surface area contributed by atoms with Crippen LogP contribution in [0.4, 0.5) is 0 Å². The molecule has 2 saturated carbocycles. The summed E-state index contributed by atoms with van der Waals surface area (Å²) in [5.41, 5.74) is 4.52. The van der Waals surface area contributed by atoms with Gasteiger partial charge in [0.2, 0.25) is 0 Å². The number of nitrogens with one attached hydrogen (secondary N) is 3. The van der Waals surface area contributed by atoms with Crippen molar-refractivity contribution < 1.29 is 4.74 Å². The topological polar surface area (TPSA) is 45.3 Å². The number of allylic oxidation sites excluding steroid dienone is 13. The van der Waals surface area contributed by atoms with E-state index in [-0.39, 0.29) is 18.5 Å². The Bertz CT molecular complexity index is 1550. The first-order valence-electron chi connectivity index (χ1n) is 18.7. The van der Waals surface area contributed by atoms with Gasteiger partial charge in [-0.3, -0.25) is 16.0 Å². The summed E-state index contributed by atoms with van der Waals surface area (Å²) in [6, 6.07) is 11.4. The van der Waals surface area contributed by atoms with E-state index < -0.39 is 0 Å². The second-order valence-electron chi connectivity index (χ2n) is 15.4. The fourth-order valence-electron chi connectivity index (χ4n) is 10.8. The summed E-state index contributed by atoms with van der Waals surface area (Å²) in [5, 5.41) is 12.4. The molecule has 4 fully saturated rings. The average Bonchev–Trinajstić information content (AvgIpc) is 3.55. The minimum Gasteiger partial charge on any atom is -0.374 e. The first kappa shape index (κ1) is 30.1. The quantitative estimate of drug-likeness (QED) is 0.310. The Morgan fingerprint density at radius 1 is 0.702 bits per heavy atom. The van der Waals surface area contributed by atoms with Gasteiger partial charge in [-0.2, -0.15) is 0 Å². The first-order valence-corrected chi connectivity index (χ1v) is 18.7. The minimum absolute atomic E-state index is 0.123. The molecule has 0 radical (unpaired) electrons. The smallest absolute Gasteiger partial charge is 0.0856 e. The van der Waals surface area contributed by atoms with Gasteiger partial charge < -0.3 is 4.74 Å². The van der Waals surface area contributed by atoms with Crippen molar-refractivity contribution in [1.82, 2.24) is 16.0 Å². The Morgan fingerprint density at radius 2 is 1.51 bits per heavy atom. The van der Waals surface area contributed by atoms with Gasteiger partial charge in [-0.1, -0.05) is 127 Å². The molecule has 47 heavy (non-hydrogen) atoms. The van der Waals surface area contributed by atoms with E-state index in [0.29, 0.717) is 59.6 Å². The van der Waals surface area contributed by atoms with Crippen molar-refractivity contribution in [1.29, 1.82) is 0 Å². The Balaban J connectivity index is 1.02. The van der Waals surface area contributed by atoms with E-state index in [0.717, 1.165) is 32.1 Å². The molecule has 9 rings (SSSR count). The van der Waals surface area contributed by atoms with Crippen molar-refractivity contribution in [2.24, 2.45) is 41.4 Å². The fraction of sp³-hybridized carbons (Fsp3) is 0.488. The second-order valence-corrected chi connectivity index (χ2v) is 15.4. The molecule has 0 bridgehead atoms. The lowest BCUT2D eigenvalue weighted by Gasteiger charge is -2.52. The van der Waals surface area contributed by atoms with Crippen molar-refractivity contribution in [3.05, 3.63) is 132 Å². The van der Waals surface area contributed by atoms with E-state index in [4.69, 9.17) is 4.74 Å². The molecular formula is C43H51N3O. The maximum atomic E-state index is 7.18. The molecule has 4 heteroatoms. The molecule has 2 aliphatic heterocycles. The van der Waals surface area contributed by atoms with Crippen molar-refractivity contribution in [3.63, 3.8) is 0 Å². The molecule has 13 unspecified atom stereocenters. The molecule has 0 amide bonds. The lowest BCUT2D eigenvalue weighted by molar-refractivity contribution is -0.0362. The fourth-order valence-corrected chi connectivity index (χ4v) is 10.8. The molecule has 2 heterocycles. The minimum atomic E-state index is 0.123. The van der Waals surface area contributed by atoms with Gasteiger partial charge in [-0.15, -0.1) is 0 Å². The first-order chi connectivity index (χ1) is 23.3. The van der Waals surface area contributed by atoms with Crippen LogP contribution in [-0.2, 0) is 4.74 Å². The third kappa shape index (κ3) is 5.76.